The van der Waals surface area contributed by atoms with Crippen LogP contribution in [0.3, 0.4) is 0 Å². The molecule has 96 valence electrons. The molecule has 1 aromatic heterocycles. The van der Waals surface area contributed by atoms with Gasteiger partial charge in [-0.1, -0.05) is 0 Å². The molecule has 6 heteroatoms. The van der Waals surface area contributed by atoms with Crippen LogP contribution in [0, 0.1) is 0 Å². The number of aromatic nitrogens is 1. The molecule has 0 saturated heterocycles. The van der Waals surface area contributed by atoms with Crippen molar-refractivity contribution in [2.45, 2.75) is 13.8 Å². The molecule has 1 rings (SSSR count). The minimum atomic E-state index is -0.460. The highest BCUT2D eigenvalue weighted by Gasteiger charge is 2.14. The van der Waals surface area contributed by atoms with Crippen LogP contribution >= 0.6 is 15.9 Å². The van der Waals surface area contributed by atoms with Crippen LogP contribution in [0.4, 0.5) is 10.5 Å². The number of carbonyl (C=O) groups excluding carboxylic acids is 1. The van der Waals surface area contributed by atoms with Crippen molar-refractivity contribution < 1.29 is 9.53 Å². The van der Waals surface area contributed by atoms with Gasteiger partial charge < -0.3 is 4.74 Å². The number of halogens is 1. The molecule has 0 aromatic carbocycles. The Bertz CT molecular complexity index is 460. The molecule has 0 aliphatic heterocycles. The minimum Gasteiger partial charge on any atom is -0.449 e. The fraction of sp³-hybridized carbons (Fsp3) is 0.250. The van der Waals surface area contributed by atoms with Gasteiger partial charge in [-0.3, -0.25) is 9.89 Å². The summed E-state index contributed by atoms with van der Waals surface area (Å²) in [4.78, 5) is 21.1. The molecule has 0 saturated carbocycles. The van der Waals surface area contributed by atoms with Crippen LogP contribution < -0.4 is 4.90 Å². The predicted molar refractivity (Wildman–Crippen MR) is 74.7 cm³/mol. The number of hydrogen-bond donors (Lipinski definition) is 0. The molecule has 0 bridgehead atoms. The fourth-order valence-electron chi connectivity index (χ4n) is 1.18. The maximum absolute atomic E-state index is 11.8. The molecule has 1 heterocycles. The summed E-state index contributed by atoms with van der Waals surface area (Å²) < 4.78 is 5.62. The number of pyridine rings is 1. The number of rotatable bonds is 4. The number of aliphatic imine (C=N–C) groups is 1. The Morgan fingerprint density at radius 2 is 2.44 bits per heavy atom. The monoisotopic (exact) mass is 311 g/mol. The van der Waals surface area contributed by atoms with E-state index in [1.54, 1.807) is 44.6 Å². The number of anilines is 1. The van der Waals surface area contributed by atoms with Crippen molar-refractivity contribution in [1.29, 1.82) is 0 Å². The zero-order valence-electron chi connectivity index (χ0n) is 10.2. The smallest absolute Gasteiger partial charge is 0.418 e. The first-order valence-corrected chi connectivity index (χ1v) is 6.20. The third kappa shape index (κ3) is 4.29. The summed E-state index contributed by atoms with van der Waals surface area (Å²) in [5.41, 5.74) is 0.651. The zero-order chi connectivity index (χ0) is 13.4. The van der Waals surface area contributed by atoms with Gasteiger partial charge >= 0.3 is 6.09 Å². The average molecular weight is 312 g/mol. The van der Waals surface area contributed by atoms with Gasteiger partial charge in [0.15, 0.2) is 0 Å². The van der Waals surface area contributed by atoms with Crippen LogP contribution in [0.5, 0.6) is 0 Å². The number of carbonyl (C=O) groups is 1. The van der Waals surface area contributed by atoms with Gasteiger partial charge in [-0.05, 0) is 41.9 Å². The normalized spacial score (nSPS) is 11.1. The quantitative estimate of drug-likeness (QED) is 0.633. The van der Waals surface area contributed by atoms with E-state index in [0.29, 0.717) is 16.9 Å². The van der Waals surface area contributed by atoms with Gasteiger partial charge in [-0.25, -0.2) is 9.78 Å². The predicted octanol–water partition coefficient (Wildman–Crippen LogP) is 3.37. The number of nitrogens with zero attached hydrogens (tertiary/aromatic N) is 3. The van der Waals surface area contributed by atoms with E-state index < -0.39 is 6.09 Å². The van der Waals surface area contributed by atoms with Crippen LogP contribution in [-0.4, -0.2) is 23.9 Å². The third-order valence-electron chi connectivity index (χ3n) is 1.90. The molecule has 0 atom stereocenters. The molecule has 5 nitrogen and oxygen atoms in total. The Morgan fingerprint density at radius 3 is 3.06 bits per heavy atom. The van der Waals surface area contributed by atoms with E-state index in [4.69, 9.17) is 4.74 Å². The molecule has 0 aliphatic rings. The van der Waals surface area contributed by atoms with E-state index >= 15 is 0 Å². The molecule has 18 heavy (non-hydrogen) atoms. The summed E-state index contributed by atoms with van der Waals surface area (Å²) in [6.07, 6.45) is 5.83. The molecule has 1 amide bonds. The Labute approximate surface area is 114 Å². The summed E-state index contributed by atoms with van der Waals surface area (Å²) in [7, 11) is 0. The Morgan fingerprint density at radius 1 is 1.67 bits per heavy atom. The molecule has 1 aromatic rings. The standard InChI is InChI=1S/C12H14BrN3O2/c1-3-14-7-8-16(12(17)18-4-2)10-5-6-15-11(13)9-10/h3,5-9H,4H2,1-2H3/b8-7-,14-3?. The number of amides is 1. The van der Waals surface area contributed by atoms with Gasteiger partial charge in [-0.2, -0.15) is 0 Å². The van der Waals surface area contributed by atoms with Crippen molar-refractivity contribution in [3.05, 3.63) is 35.3 Å². The van der Waals surface area contributed by atoms with Crippen molar-refractivity contribution >= 4 is 33.9 Å². The van der Waals surface area contributed by atoms with Crippen LogP contribution in [0.2, 0.25) is 0 Å². The summed E-state index contributed by atoms with van der Waals surface area (Å²) >= 11 is 3.26. The maximum atomic E-state index is 11.8. The Hall–Kier alpha value is -1.69. The molecular formula is C12H14BrN3O2. The molecule has 0 spiro atoms. The average Bonchev–Trinajstić information content (AvgIpc) is 2.35. The molecular weight excluding hydrogens is 298 g/mol. The van der Waals surface area contributed by atoms with E-state index in [9.17, 15) is 4.79 Å². The second kappa shape index (κ2) is 7.60. The van der Waals surface area contributed by atoms with E-state index in [-0.39, 0.29) is 0 Å². The summed E-state index contributed by atoms with van der Waals surface area (Å²) in [5, 5.41) is 0. The first kappa shape index (κ1) is 14.4. The first-order valence-electron chi connectivity index (χ1n) is 5.41. The number of hydrogen-bond acceptors (Lipinski definition) is 4. The molecule has 0 unspecified atom stereocenters. The lowest BCUT2D eigenvalue weighted by molar-refractivity contribution is 0.162. The SMILES string of the molecule is CC=N/C=C\N(C(=O)OCC)c1ccnc(Br)c1. The highest BCUT2D eigenvalue weighted by Crippen LogP contribution is 2.19. The minimum absolute atomic E-state index is 0.312. The van der Waals surface area contributed by atoms with Crippen molar-refractivity contribution in [3.63, 3.8) is 0 Å². The lowest BCUT2D eigenvalue weighted by atomic mass is 10.4. The highest BCUT2D eigenvalue weighted by molar-refractivity contribution is 9.10. The van der Waals surface area contributed by atoms with Gasteiger partial charge in [0.25, 0.3) is 0 Å². The van der Waals surface area contributed by atoms with Crippen molar-refractivity contribution in [2.75, 3.05) is 11.5 Å². The van der Waals surface area contributed by atoms with E-state index in [1.165, 1.54) is 11.1 Å². The topological polar surface area (TPSA) is 54.8 Å². The lowest BCUT2D eigenvalue weighted by Gasteiger charge is -2.17. The lowest BCUT2D eigenvalue weighted by Crippen LogP contribution is -2.26. The Kier molecular flexibility index (Phi) is 6.07. The Balaban J connectivity index is 2.99. The zero-order valence-corrected chi connectivity index (χ0v) is 11.8. The summed E-state index contributed by atoms with van der Waals surface area (Å²) in [5.74, 6) is 0. The van der Waals surface area contributed by atoms with Gasteiger partial charge in [0, 0.05) is 24.8 Å². The second-order valence-corrected chi connectivity index (χ2v) is 3.92. The van der Waals surface area contributed by atoms with Crippen LogP contribution in [-0.2, 0) is 4.74 Å². The molecule has 0 radical (unpaired) electrons. The van der Waals surface area contributed by atoms with E-state index in [0.717, 1.165) is 0 Å². The van der Waals surface area contributed by atoms with Gasteiger partial charge in [0.1, 0.15) is 4.60 Å². The molecule has 0 fully saturated rings. The molecule has 0 N–H and O–H groups in total. The van der Waals surface area contributed by atoms with Gasteiger partial charge in [0.05, 0.1) is 12.3 Å². The van der Waals surface area contributed by atoms with Crippen LogP contribution in [0.1, 0.15) is 13.8 Å². The van der Waals surface area contributed by atoms with E-state index in [2.05, 4.69) is 25.9 Å². The summed E-state index contributed by atoms with van der Waals surface area (Å²) in [6.45, 7) is 3.86. The summed E-state index contributed by atoms with van der Waals surface area (Å²) in [6, 6.07) is 3.43. The van der Waals surface area contributed by atoms with Crippen LogP contribution in [0.15, 0.2) is 40.3 Å². The second-order valence-electron chi connectivity index (χ2n) is 3.11. The number of ether oxygens (including phenoxy) is 1. The van der Waals surface area contributed by atoms with Gasteiger partial charge in [-0.15, -0.1) is 0 Å². The molecule has 0 aliphatic carbocycles. The maximum Gasteiger partial charge on any atom is 0.418 e. The highest BCUT2D eigenvalue weighted by atomic mass is 79.9. The van der Waals surface area contributed by atoms with Crippen LogP contribution in [0.25, 0.3) is 0 Å². The first-order chi connectivity index (χ1) is 8.69. The largest absolute Gasteiger partial charge is 0.449 e. The van der Waals surface area contributed by atoms with Crippen molar-refractivity contribution in [3.8, 4) is 0 Å². The fourth-order valence-corrected chi connectivity index (χ4v) is 1.53. The van der Waals surface area contributed by atoms with Crippen molar-refractivity contribution in [2.24, 2.45) is 4.99 Å². The van der Waals surface area contributed by atoms with Crippen molar-refractivity contribution in [1.82, 2.24) is 4.98 Å². The van der Waals surface area contributed by atoms with Gasteiger partial charge in [0.2, 0.25) is 0 Å². The third-order valence-corrected chi connectivity index (χ3v) is 2.34. The van der Waals surface area contributed by atoms with E-state index in [1.807, 2.05) is 0 Å².